The van der Waals surface area contributed by atoms with Crippen LogP contribution in [0, 0.1) is 5.92 Å². The van der Waals surface area contributed by atoms with E-state index >= 15 is 0 Å². The van der Waals surface area contributed by atoms with Gasteiger partial charge in [0.1, 0.15) is 5.82 Å². The van der Waals surface area contributed by atoms with Gasteiger partial charge in [-0.05, 0) is 30.4 Å². The molecule has 5 nitrogen and oxygen atoms in total. The van der Waals surface area contributed by atoms with E-state index in [0.717, 1.165) is 29.7 Å². The zero-order valence-electron chi connectivity index (χ0n) is 11.3. The van der Waals surface area contributed by atoms with Crippen LogP contribution in [-0.2, 0) is 22.8 Å². The van der Waals surface area contributed by atoms with E-state index in [1.54, 1.807) is 0 Å². The van der Waals surface area contributed by atoms with Gasteiger partial charge < -0.3 is 10.1 Å². The molecule has 108 valence electrons. The molecule has 2 aromatic heterocycles. The van der Waals surface area contributed by atoms with Gasteiger partial charge in [0.15, 0.2) is 9.84 Å². The molecule has 0 aromatic carbocycles. The Morgan fingerprint density at radius 1 is 1.45 bits per heavy atom. The normalized spacial score (nSPS) is 22.1. The number of aromatic nitrogens is 2. The van der Waals surface area contributed by atoms with Crippen molar-refractivity contribution in [3.8, 4) is 0 Å². The molecule has 2 N–H and O–H groups in total. The monoisotopic (exact) mass is 293 g/mol. The predicted octanol–water partition coefficient (Wildman–Crippen LogP) is 1.16. The number of nitrogens with zero attached hydrogens (tertiary/aromatic N) is 2. The lowest BCUT2D eigenvalue weighted by molar-refractivity contribution is 0.475. The Morgan fingerprint density at radius 3 is 3.05 bits per heavy atom. The van der Waals surface area contributed by atoms with Gasteiger partial charge in [-0.25, -0.2) is 13.4 Å². The van der Waals surface area contributed by atoms with E-state index in [1.807, 2.05) is 28.9 Å². The lowest BCUT2D eigenvalue weighted by Crippen LogP contribution is -2.27. The van der Waals surface area contributed by atoms with Crippen LogP contribution < -0.4 is 5.73 Å². The Balaban J connectivity index is 1.88. The van der Waals surface area contributed by atoms with Crippen LogP contribution in [0.15, 0.2) is 24.5 Å². The van der Waals surface area contributed by atoms with Crippen LogP contribution in [0.1, 0.15) is 24.2 Å². The molecule has 20 heavy (non-hydrogen) atoms. The molecule has 3 heterocycles. The van der Waals surface area contributed by atoms with Crippen LogP contribution in [0.3, 0.4) is 0 Å². The minimum atomic E-state index is -2.86. The van der Waals surface area contributed by atoms with E-state index in [2.05, 4.69) is 4.98 Å². The molecule has 1 aliphatic rings. The fourth-order valence-electron chi connectivity index (χ4n) is 2.99. The van der Waals surface area contributed by atoms with Gasteiger partial charge in [-0.3, -0.25) is 0 Å². The van der Waals surface area contributed by atoms with Gasteiger partial charge in [0.05, 0.1) is 23.2 Å². The molecule has 1 saturated heterocycles. The van der Waals surface area contributed by atoms with Crippen LogP contribution in [-0.4, -0.2) is 29.3 Å². The summed E-state index contributed by atoms with van der Waals surface area (Å²) in [5.41, 5.74) is 7.80. The largest absolute Gasteiger partial charge is 0.326 e. The van der Waals surface area contributed by atoms with Gasteiger partial charge in [-0.15, -0.1) is 0 Å². The molecule has 0 spiro atoms. The average molecular weight is 293 g/mol. The molecule has 0 radical (unpaired) electrons. The van der Waals surface area contributed by atoms with E-state index in [4.69, 9.17) is 5.73 Å². The highest BCUT2D eigenvalue weighted by Gasteiger charge is 2.26. The smallest absolute Gasteiger partial charge is 0.150 e. The van der Waals surface area contributed by atoms with Gasteiger partial charge in [0.2, 0.25) is 0 Å². The van der Waals surface area contributed by atoms with Crippen molar-refractivity contribution < 1.29 is 8.42 Å². The third kappa shape index (κ3) is 2.58. The van der Waals surface area contributed by atoms with Crippen molar-refractivity contribution in [3.63, 3.8) is 0 Å². The van der Waals surface area contributed by atoms with Crippen LogP contribution >= 0.6 is 0 Å². The van der Waals surface area contributed by atoms with Gasteiger partial charge in [0.25, 0.3) is 0 Å². The molecule has 2 aromatic rings. The van der Waals surface area contributed by atoms with Gasteiger partial charge in [-0.1, -0.05) is 6.07 Å². The highest BCUT2D eigenvalue weighted by atomic mass is 32.2. The van der Waals surface area contributed by atoms with Gasteiger partial charge in [-0.2, -0.15) is 0 Å². The Bertz CT molecular complexity index is 721. The van der Waals surface area contributed by atoms with Crippen molar-refractivity contribution in [3.05, 3.63) is 35.9 Å². The van der Waals surface area contributed by atoms with Crippen molar-refractivity contribution in [2.24, 2.45) is 11.7 Å². The molecule has 1 aliphatic heterocycles. The van der Waals surface area contributed by atoms with Gasteiger partial charge in [0, 0.05) is 19.2 Å². The summed E-state index contributed by atoms with van der Waals surface area (Å²) in [6.07, 6.45) is 6.24. The van der Waals surface area contributed by atoms with E-state index in [0.29, 0.717) is 24.5 Å². The summed E-state index contributed by atoms with van der Waals surface area (Å²) < 4.78 is 25.5. The van der Waals surface area contributed by atoms with Crippen LogP contribution in [0.5, 0.6) is 0 Å². The summed E-state index contributed by atoms with van der Waals surface area (Å²) in [5.74, 6) is 1.74. The number of fused-ring (bicyclic) bond motifs is 1. The van der Waals surface area contributed by atoms with Crippen LogP contribution in [0.4, 0.5) is 0 Å². The van der Waals surface area contributed by atoms with E-state index in [1.165, 1.54) is 0 Å². The Kier molecular flexibility index (Phi) is 3.52. The molecule has 1 unspecified atom stereocenters. The second-order valence-corrected chi connectivity index (χ2v) is 7.72. The molecular weight excluding hydrogens is 274 g/mol. The molecule has 0 bridgehead atoms. The maximum Gasteiger partial charge on any atom is 0.150 e. The average Bonchev–Trinajstić information content (AvgIpc) is 2.81. The first-order valence-electron chi connectivity index (χ1n) is 6.93. The molecule has 3 rings (SSSR count). The molecule has 1 fully saturated rings. The fraction of sp³-hybridized carbons (Fsp3) is 0.500. The zero-order valence-corrected chi connectivity index (χ0v) is 12.1. The van der Waals surface area contributed by atoms with E-state index < -0.39 is 9.84 Å². The van der Waals surface area contributed by atoms with E-state index in [-0.39, 0.29) is 5.92 Å². The summed E-state index contributed by atoms with van der Waals surface area (Å²) in [4.78, 5) is 4.46. The van der Waals surface area contributed by atoms with Crippen LogP contribution in [0.25, 0.3) is 5.52 Å². The van der Waals surface area contributed by atoms with E-state index in [9.17, 15) is 8.42 Å². The molecule has 6 heteroatoms. The molecule has 0 amide bonds. The minimum absolute atomic E-state index is 0.181. The first-order valence-corrected chi connectivity index (χ1v) is 8.75. The summed E-state index contributed by atoms with van der Waals surface area (Å²) in [6, 6.07) is 3.95. The van der Waals surface area contributed by atoms with Crippen molar-refractivity contribution in [1.29, 1.82) is 0 Å². The minimum Gasteiger partial charge on any atom is -0.326 e. The second kappa shape index (κ2) is 5.18. The van der Waals surface area contributed by atoms with Crippen LogP contribution in [0.2, 0.25) is 0 Å². The molecular formula is C14H19N3O2S. The second-order valence-electron chi connectivity index (χ2n) is 5.49. The number of imidazole rings is 1. The number of nitrogens with two attached hydrogens (primary N) is 1. The summed E-state index contributed by atoms with van der Waals surface area (Å²) in [5, 5.41) is 0. The third-order valence-corrected chi connectivity index (χ3v) is 5.87. The number of rotatable bonds is 3. The topological polar surface area (TPSA) is 77.5 Å². The first-order chi connectivity index (χ1) is 9.59. The highest BCUT2D eigenvalue weighted by molar-refractivity contribution is 7.91. The first kappa shape index (κ1) is 13.6. The molecule has 0 aliphatic carbocycles. The quantitative estimate of drug-likeness (QED) is 0.921. The van der Waals surface area contributed by atoms with Gasteiger partial charge >= 0.3 is 0 Å². The standard InChI is InChI=1S/C14H19N3O2S/c15-8-12-4-1-5-17-13(12)9-16-14(17)7-11-3-2-6-20(18,19)10-11/h1,4-5,9,11H,2-3,6-8,10,15H2. The lowest BCUT2D eigenvalue weighted by atomic mass is 10.0. The van der Waals surface area contributed by atoms with Crippen molar-refractivity contribution in [1.82, 2.24) is 9.38 Å². The SMILES string of the molecule is NCc1cccn2c(CC3CCCS(=O)(=O)C3)ncc12. The summed E-state index contributed by atoms with van der Waals surface area (Å²) >= 11 is 0. The summed E-state index contributed by atoms with van der Waals surface area (Å²) in [7, 11) is -2.86. The molecule has 0 saturated carbocycles. The lowest BCUT2D eigenvalue weighted by Gasteiger charge is -2.21. The predicted molar refractivity (Wildman–Crippen MR) is 78.2 cm³/mol. The number of sulfone groups is 1. The van der Waals surface area contributed by atoms with Crippen molar-refractivity contribution in [2.75, 3.05) is 11.5 Å². The molecule has 1 atom stereocenters. The zero-order chi connectivity index (χ0) is 14.2. The van der Waals surface area contributed by atoms with Crippen molar-refractivity contribution >= 4 is 15.4 Å². The number of pyridine rings is 1. The Morgan fingerprint density at radius 2 is 2.30 bits per heavy atom. The number of hydrogen-bond acceptors (Lipinski definition) is 4. The number of hydrogen-bond donors (Lipinski definition) is 1. The summed E-state index contributed by atoms with van der Waals surface area (Å²) in [6.45, 7) is 0.479. The maximum atomic E-state index is 11.7. The Labute approximate surface area is 118 Å². The maximum absolute atomic E-state index is 11.7. The fourth-order valence-corrected chi connectivity index (χ4v) is 4.77. The Hall–Kier alpha value is -1.40. The highest BCUT2D eigenvalue weighted by Crippen LogP contribution is 2.23. The van der Waals surface area contributed by atoms with Crippen molar-refractivity contribution in [2.45, 2.75) is 25.8 Å². The third-order valence-electron chi connectivity index (χ3n) is 3.98.